The summed E-state index contributed by atoms with van der Waals surface area (Å²) in [6.45, 7) is 6.42. The largest absolute Gasteiger partial charge is 0.444 e. The van der Waals surface area contributed by atoms with E-state index in [-0.39, 0.29) is 12.1 Å². The standard InChI is InChI=1S/C13H21N3O2/c1-13(2,3)18-12(17)16-7-5-6-10(16)11-8-14-9-15(11)4/h8-10H,5-7H2,1-4H3. The van der Waals surface area contributed by atoms with E-state index >= 15 is 0 Å². The Hall–Kier alpha value is -1.52. The molecule has 1 unspecified atom stereocenters. The maximum Gasteiger partial charge on any atom is 0.410 e. The van der Waals surface area contributed by atoms with Crippen LogP contribution < -0.4 is 0 Å². The Bertz CT molecular complexity index is 434. The average Bonchev–Trinajstić information content (AvgIpc) is 2.82. The highest BCUT2D eigenvalue weighted by Crippen LogP contribution is 2.32. The van der Waals surface area contributed by atoms with Crippen LogP contribution in [0.3, 0.4) is 0 Å². The Kier molecular flexibility index (Phi) is 3.32. The monoisotopic (exact) mass is 251 g/mol. The third kappa shape index (κ3) is 2.66. The Morgan fingerprint density at radius 2 is 2.22 bits per heavy atom. The summed E-state index contributed by atoms with van der Waals surface area (Å²) >= 11 is 0. The molecule has 1 aliphatic rings. The molecule has 1 amide bonds. The molecule has 0 saturated carbocycles. The van der Waals surface area contributed by atoms with Crippen molar-refractivity contribution in [2.24, 2.45) is 7.05 Å². The van der Waals surface area contributed by atoms with Gasteiger partial charge in [0, 0.05) is 13.6 Å². The van der Waals surface area contributed by atoms with Crippen LogP contribution in [0.2, 0.25) is 0 Å². The summed E-state index contributed by atoms with van der Waals surface area (Å²) in [7, 11) is 1.95. The molecule has 2 rings (SSSR count). The highest BCUT2D eigenvalue weighted by molar-refractivity contribution is 5.69. The summed E-state index contributed by atoms with van der Waals surface area (Å²) in [5, 5.41) is 0. The van der Waals surface area contributed by atoms with Gasteiger partial charge in [0.1, 0.15) is 5.60 Å². The van der Waals surface area contributed by atoms with E-state index in [1.807, 2.05) is 43.5 Å². The zero-order chi connectivity index (χ0) is 13.3. The molecular formula is C13H21N3O2. The summed E-state index contributed by atoms with van der Waals surface area (Å²) in [5.41, 5.74) is 0.620. The predicted octanol–water partition coefficient (Wildman–Crippen LogP) is 2.49. The van der Waals surface area contributed by atoms with E-state index in [2.05, 4.69) is 4.98 Å². The summed E-state index contributed by atoms with van der Waals surface area (Å²) in [4.78, 5) is 18.1. The van der Waals surface area contributed by atoms with Gasteiger partial charge in [0.15, 0.2) is 0 Å². The van der Waals surface area contributed by atoms with Gasteiger partial charge in [-0.2, -0.15) is 0 Å². The lowest BCUT2D eigenvalue weighted by molar-refractivity contribution is 0.0220. The number of likely N-dealkylation sites (tertiary alicyclic amines) is 1. The van der Waals surface area contributed by atoms with Gasteiger partial charge in [-0.25, -0.2) is 9.78 Å². The Balaban J connectivity index is 2.13. The van der Waals surface area contributed by atoms with E-state index in [1.165, 1.54) is 0 Å². The lowest BCUT2D eigenvalue weighted by Crippen LogP contribution is -2.36. The van der Waals surface area contributed by atoms with Crippen LogP contribution in [0.15, 0.2) is 12.5 Å². The summed E-state index contributed by atoms with van der Waals surface area (Å²) in [6, 6.07) is 0.0901. The van der Waals surface area contributed by atoms with Crippen LogP contribution in [-0.2, 0) is 11.8 Å². The van der Waals surface area contributed by atoms with Gasteiger partial charge < -0.3 is 9.30 Å². The van der Waals surface area contributed by atoms with Crippen LogP contribution in [0.1, 0.15) is 45.3 Å². The summed E-state index contributed by atoms with van der Waals surface area (Å²) in [6.07, 6.45) is 5.34. The van der Waals surface area contributed by atoms with E-state index in [9.17, 15) is 4.79 Å². The molecule has 0 aliphatic carbocycles. The molecule has 0 N–H and O–H groups in total. The molecular weight excluding hydrogens is 230 g/mol. The molecule has 1 atom stereocenters. The van der Waals surface area contributed by atoms with E-state index < -0.39 is 5.60 Å². The minimum Gasteiger partial charge on any atom is -0.444 e. The van der Waals surface area contributed by atoms with Crippen molar-refractivity contribution in [2.45, 2.75) is 45.3 Å². The van der Waals surface area contributed by atoms with Crippen molar-refractivity contribution in [2.75, 3.05) is 6.54 Å². The molecule has 1 aromatic heterocycles. The number of hydrogen-bond acceptors (Lipinski definition) is 3. The molecule has 5 nitrogen and oxygen atoms in total. The second kappa shape index (κ2) is 4.63. The van der Waals surface area contributed by atoms with Gasteiger partial charge in [0.25, 0.3) is 0 Å². The van der Waals surface area contributed by atoms with Crippen LogP contribution >= 0.6 is 0 Å². The molecule has 2 heterocycles. The number of rotatable bonds is 1. The van der Waals surface area contributed by atoms with Crippen LogP contribution in [-0.4, -0.2) is 32.7 Å². The Morgan fingerprint density at radius 3 is 2.78 bits per heavy atom. The first-order valence-electron chi connectivity index (χ1n) is 6.34. The quantitative estimate of drug-likeness (QED) is 0.770. The summed E-state index contributed by atoms with van der Waals surface area (Å²) < 4.78 is 7.41. The van der Waals surface area contributed by atoms with Gasteiger partial charge in [0.05, 0.1) is 24.3 Å². The van der Waals surface area contributed by atoms with Crippen LogP contribution in [0, 0.1) is 0 Å². The number of nitrogens with zero attached hydrogens (tertiary/aromatic N) is 3. The number of hydrogen-bond donors (Lipinski definition) is 0. The molecule has 1 aliphatic heterocycles. The summed E-state index contributed by atoms with van der Waals surface area (Å²) in [5.74, 6) is 0. The Morgan fingerprint density at radius 1 is 1.50 bits per heavy atom. The van der Waals surface area contributed by atoms with Crippen LogP contribution in [0.5, 0.6) is 0 Å². The second-order valence-electron chi connectivity index (χ2n) is 5.76. The van der Waals surface area contributed by atoms with Crippen molar-refractivity contribution in [3.05, 3.63) is 18.2 Å². The second-order valence-corrected chi connectivity index (χ2v) is 5.76. The lowest BCUT2D eigenvalue weighted by atomic mass is 10.1. The maximum atomic E-state index is 12.2. The zero-order valence-corrected chi connectivity index (χ0v) is 11.5. The SMILES string of the molecule is Cn1cncc1C1CCCN1C(=O)OC(C)(C)C. The van der Waals surface area contributed by atoms with E-state index in [4.69, 9.17) is 4.74 Å². The third-order valence-corrected chi connectivity index (χ3v) is 3.08. The molecule has 0 radical (unpaired) electrons. The van der Waals surface area contributed by atoms with E-state index in [1.54, 1.807) is 6.33 Å². The number of ether oxygens (including phenoxy) is 1. The highest BCUT2D eigenvalue weighted by Gasteiger charge is 2.34. The topological polar surface area (TPSA) is 47.4 Å². The molecule has 1 saturated heterocycles. The van der Waals surface area contributed by atoms with Crippen molar-refractivity contribution in [1.29, 1.82) is 0 Å². The number of carbonyl (C=O) groups is 1. The fourth-order valence-electron chi connectivity index (χ4n) is 2.30. The maximum absolute atomic E-state index is 12.2. The first kappa shape index (κ1) is 12.9. The lowest BCUT2D eigenvalue weighted by Gasteiger charge is -2.28. The van der Waals surface area contributed by atoms with Gasteiger partial charge in [-0.05, 0) is 33.6 Å². The number of aryl methyl sites for hydroxylation is 1. The van der Waals surface area contributed by atoms with Crippen molar-refractivity contribution >= 4 is 6.09 Å². The molecule has 100 valence electrons. The van der Waals surface area contributed by atoms with Crippen molar-refractivity contribution in [3.63, 3.8) is 0 Å². The van der Waals surface area contributed by atoms with Crippen molar-refractivity contribution < 1.29 is 9.53 Å². The number of aromatic nitrogens is 2. The smallest absolute Gasteiger partial charge is 0.410 e. The molecule has 1 fully saturated rings. The molecule has 0 bridgehead atoms. The van der Waals surface area contributed by atoms with Gasteiger partial charge >= 0.3 is 6.09 Å². The van der Waals surface area contributed by atoms with Crippen molar-refractivity contribution in [1.82, 2.24) is 14.5 Å². The normalized spacial score (nSPS) is 20.2. The number of amides is 1. The Labute approximate surface area is 108 Å². The van der Waals surface area contributed by atoms with Crippen molar-refractivity contribution in [3.8, 4) is 0 Å². The van der Waals surface area contributed by atoms with Crippen LogP contribution in [0.4, 0.5) is 4.79 Å². The van der Waals surface area contributed by atoms with Gasteiger partial charge in [-0.1, -0.05) is 0 Å². The first-order valence-corrected chi connectivity index (χ1v) is 6.34. The molecule has 5 heteroatoms. The molecule has 1 aromatic rings. The van der Waals surface area contributed by atoms with E-state index in [0.717, 1.165) is 25.1 Å². The van der Waals surface area contributed by atoms with Gasteiger partial charge in [-0.15, -0.1) is 0 Å². The number of imidazole rings is 1. The fraction of sp³-hybridized carbons (Fsp3) is 0.692. The first-order chi connectivity index (χ1) is 8.38. The predicted molar refractivity (Wildman–Crippen MR) is 68.1 cm³/mol. The molecule has 18 heavy (non-hydrogen) atoms. The number of carbonyl (C=O) groups excluding carboxylic acids is 1. The van der Waals surface area contributed by atoms with Crippen LogP contribution in [0.25, 0.3) is 0 Å². The fourth-order valence-corrected chi connectivity index (χ4v) is 2.30. The minimum absolute atomic E-state index is 0.0901. The van der Waals surface area contributed by atoms with Gasteiger partial charge in [-0.3, -0.25) is 4.90 Å². The molecule has 0 spiro atoms. The molecule has 0 aromatic carbocycles. The average molecular weight is 251 g/mol. The van der Waals surface area contributed by atoms with E-state index in [0.29, 0.717) is 0 Å². The third-order valence-electron chi connectivity index (χ3n) is 3.08. The minimum atomic E-state index is -0.448. The van der Waals surface area contributed by atoms with Gasteiger partial charge in [0.2, 0.25) is 0 Å². The zero-order valence-electron chi connectivity index (χ0n) is 11.5. The highest BCUT2D eigenvalue weighted by atomic mass is 16.6.